The Kier molecular flexibility index (Phi) is 12.5. The average molecular weight is 601 g/mol. The molecule has 42 heavy (non-hydrogen) atoms. The largest absolute Gasteiger partial charge is 0.497 e. The number of methoxy groups -OCH3 is 1. The molecule has 0 aromatic heterocycles. The summed E-state index contributed by atoms with van der Waals surface area (Å²) in [6.07, 6.45) is 3.01. The Balaban J connectivity index is 1.74. The molecule has 1 aliphatic rings. The van der Waals surface area contributed by atoms with E-state index >= 15 is 0 Å². The topological polar surface area (TPSA) is 143 Å². The molecule has 3 atom stereocenters. The van der Waals surface area contributed by atoms with E-state index in [1.165, 1.54) is 6.08 Å². The van der Waals surface area contributed by atoms with Gasteiger partial charge in [0.25, 0.3) is 0 Å². The van der Waals surface area contributed by atoms with E-state index in [0.29, 0.717) is 38.5 Å². The van der Waals surface area contributed by atoms with Gasteiger partial charge in [-0.3, -0.25) is 19.3 Å². The number of ether oxygens (including phenoxy) is 2. The number of hydrogen-bond acceptors (Lipinski definition) is 8. The van der Waals surface area contributed by atoms with Gasteiger partial charge in [0.1, 0.15) is 17.8 Å². The molecular formula is C30H40N4O7S. The summed E-state index contributed by atoms with van der Waals surface area (Å²) in [5, 5.41) is 9.42. The van der Waals surface area contributed by atoms with Gasteiger partial charge in [-0.1, -0.05) is 48.5 Å². The van der Waals surface area contributed by atoms with Gasteiger partial charge >= 0.3 is 0 Å². The van der Waals surface area contributed by atoms with Gasteiger partial charge in [-0.05, 0) is 36.6 Å². The van der Waals surface area contributed by atoms with Crippen LogP contribution in [0, 0.1) is 0 Å². The molecule has 0 radical (unpaired) electrons. The van der Waals surface area contributed by atoms with Crippen LogP contribution < -0.4 is 20.7 Å². The van der Waals surface area contributed by atoms with Crippen LogP contribution in [0.1, 0.15) is 18.1 Å². The fourth-order valence-electron chi connectivity index (χ4n) is 4.37. The predicted octanol–water partition coefficient (Wildman–Crippen LogP) is 0.845. The van der Waals surface area contributed by atoms with Crippen LogP contribution in [0.4, 0.5) is 0 Å². The summed E-state index contributed by atoms with van der Waals surface area (Å²) in [6, 6.07) is 13.9. The first-order valence-electron chi connectivity index (χ1n) is 13.8. The van der Waals surface area contributed by atoms with Crippen LogP contribution in [0.15, 0.2) is 66.1 Å². The van der Waals surface area contributed by atoms with Gasteiger partial charge in [-0.15, -0.1) is 0 Å². The normalized spacial score (nSPS) is 16.3. The number of amides is 3. The van der Waals surface area contributed by atoms with E-state index in [0.717, 1.165) is 22.8 Å². The minimum Gasteiger partial charge on any atom is -0.497 e. The molecule has 228 valence electrons. The van der Waals surface area contributed by atoms with Crippen LogP contribution in [0.3, 0.4) is 0 Å². The quantitative estimate of drug-likeness (QED) is 0.290. The third-order valence-electron chi connectivity index (χ3n) is 6.66. The van der Waals surface area contributed by atoms with Crippen molar-refractivity contribution in [2.45, 2.75) is 37.9 Å². The zero-order valence-corrected chi connectivity index (χ0v) is 25.1. The van der Waals surface area contributed by atoms with E-state index in [4.69, 9.17) is 9.47 Å². The first kappa shape index (κ1) is 32.8. The van der Waals surface area contributed by atoms with Crippen molar-refractivity contribution in [1.29, 1.82) is 0 Å². The van der Waals surface area contributed by atoms with Crippen molar-refractivity contribution in [3.05, 3.63) is 77.2 Å². The Bertz CT molecular complexity index is 1310. The zero-order chi connectivity index (χ0) is 30.5. The summed E-state index contributed by atoms with van der Waals surface area (Å²) >= 11 is 0. The second kappa shape index (κ2) is 16.0. The Labute approximate surface area is 247 Å². The molecular weight excluding hydrogens is 560 g/mol. The van der Waals surface area contributed by atoms with Gasteiger partial charge in [0.15, 0.2) is 9.84 Å². The summed E-state index contributed by atoms with van der Waals surface area (Å²) < 4.78 is 34.2. The maximum atomic E-state index is 13.6. The number of nitrogens with zero attached hydrogens (tertiary/aromatic N) is 1. The molecule has 0 saturated carbocycles. The van der Waals surface area contributed by atoms with Crippen LogP contribution in [-0.2, 0) is 41.8 Å². The number of carbonyl (C=O) groups excluding carboxylic acids is 3. The molecule has 0 spiro atoms. The van der Waals surface area contributed by atoms with Crippen molar-refractivity contribution >= 4 is 27.6 Å². The molecule has 2 aromatic carbocycles. The number of carbonyl (C=O) groups is 3. The fourth-order valence-corrected chi connectivity index (χ4v) is 4.85. The van der Waals surface area contributed by atoms with Crippen molar-refractivity contribution in [3.8, 4) is 5.75 Å². The Morgan fingerprint density at radius 1 is 0.929 bits per heavy atom. The van der Waals surface area contributed by atoms with Crippen LogP contribution in [0.25, 0.3) is 0 Å². The smallest absolute Gasteiger partial charge is 0.243 e. The van der Waals surface area contributed by atoms with Gasteiger partial charge in [-0.25, -0.2) is 8.42 Å². The molecule has 12 heteroatoms. The van der Waals surface area contributed by atoms with E-state index < -0.39 is 39.8 Å². The number of rotatable bonds is 14. The van der Waals surface area contributed by atoms with E-state index in [1.54, 1.807) is 38.3 Å². The number of sulfone groups is 1. The molecule has 11 nitrogen and oxygen atoms in total. The Hall–Kier alpha value is -3.74. The summed E-state index contributed by atoms with van der Waals surface area (Å²) in [4.78, 5) is 41.2. The van der Waals surface area contributed by atoms with Gasteiger partial charge in [0, 0.05) is 31.2 Å². The minimum absolute atomic E-state index is 0.143. The summed E-state index contributed by atoms with van der Waals surface area (Å²) in [6.45, 7) is 4.07. The maximum Gasteiger partial charge on any atom is 0.243 e. The van der Waals surface area contributed by atoms with Gasteiger partial charge in [-0.2, -0.15) is 0 Å². The summed E-state index contributed by atoms with van der Waals surface area (Å²) in [5.74, 6) is -0.672. The van der Waals surface area contributed by atoms with Crippen molar-refractivity contribution in [3.63, 3.8) is 0 Å². The Morgan fingerprint density at radius 2 is 1.57 bits per heavy atom. The highest BCUT2D eigenvalue weighted by Gasteiger charge is 2.27. The lowest BCUT2D eigenvalue weighted by Gasteiger charge is -2.27. The standard InChI is InChI=1S/C30H40N4O7S/c1-22(31-28(35)21-34-14-16-41-17-15-34)29(36)33-27(20-24-9-11-26(40-2)12-10-24)30(37)32-25(13-18-42(3,38)39)19-23-7-5-4-6-8-23/h4-13,18,22,25,27H,14-17,19-21H2,1-3H3,(H,31,35)(H,32,37)(H,33,36)/b18-13+/t22-,25+,27-/m0/s1. The van der Waals surface area contributed by atoms with Crippen molar-refractivity contribution < 1.29 is 32.3 Å². The van der Waals surface area contributed by atoms with Gasteiger partial charge < -0.3 is 25.4 Å². The highest BCUT2D eigenvalue weighted by Crippen LogP contribution is 2.14. The van der Waals surface area contributed by atoms with Crippen LogP contribution in [-0.4, -0.2) is 95.4 Å². The highest BCUT2D eigenvalue weighted by atomic mass is 32.2. The zero-order valence-electron chi connectivity index (χ0n) is 24.2. The SMILES string of the molecule is COc1ccc(C[C@H](NC(=O)[C@H](C)NC(=O)CN2CCOCC2)C(=O)N[C@H](/C=C/S(C)(=O)=O)Cc2ccccc2)cc1. The third-order valence-corrected chi connectivity index (χ3v) is 7.31. The fraction of sp³-hybridized carbons (Fsp3) is 0.433. The molecule has 3 N–H and O–H groups in total. The highest BCUT2D eigenvalue weighted by molar-refractivity contribution is 7.93. The monoisotopic (exact) mass is 600 g/mol. The lowest BCUT2D eigenvalue weighted by atomic mass is 10.0. The first-order valence-corrected chi connectivity index (χ1v) is 15.7. The molecule has 3 amide bonds. The molecule has 1 saturated heterocycles. The van der Waals surface area contributed by atoms with Crippen molar-refractivity contribution in [2.75, 3.05) is 46.2 Å². The summed E-state index contributed by atoms with van der Waals surface area (Å²) in [5.41, 5.74) is 1.67. The molecule has 0 aliphatic carbocycles. The van der Waals surface area contributed by atoms with Gasteiger partial charge in [0.2, 0.25) is 17.7 Å². The molecule has 0 unspecified atom stereocenters. The van der Waals surface area contributed by atoms with E-state index in [-0.39, 0.29) is 18.9 Å². The van der Waals surface area contributed by atoms with Crippen molar-refractivity contribution in [2.24, 2.45) is 0 Å². The van der Waals surface area contributed by atoms with Crippen molar-refractivity contribution in [1.82, 2.24) is 20.9 Å². The number of morpholine rings is 1. The minimum atomic E-state index is -3.44. The van der Waals surface area contributed by atoms with Crippen LogP contribution in [0.5, 0.6) is 5.75 Å². The van der Waals surface area contributed by atoms with Crippen LogP contribution in [0.2, 0.25) is 0 Å². The van der Waals surface area contributed by atoms with E-state index in [1.807, 2.05) is 35.2 Å². The molecule has 1 aliphatic heterocycles. The molecule has 0 bridgehead atoms. The van der Waals surface area contributed by atoms with E-state index in [2.05, 4.69) is 16.0 Å². The second-order valence-corrected chi connectivity index (χ2v) is 12.2. The second-order valence-electron chi connectivity index (χ2n) is 10.3. The third kappa shape index (κ3) is 11.6. The predicted molar refractivity (Wildman–Crippen MR) is 160 cm³/mol. The average Bonchev–Trinajstić information content (AvgIpc) is 2.96. The summed E-state index contributed by atoms with van der Waals surface area (Å²) in [7, 11) is -1.89. The number of hydrogen-bond donors (Lipinski definition) is 3. The van der Waals surface area contributed by atoms with E-state index in [9.17, 15) is 22.8 Å². The van der Waals surface area contributed by atoms with Gasteiger partial charge in [0.05, 0.1) is 32.9 Å². The molecule has 3 rings (SSSR count). The maximum absolute atomic E-state index is 13.6. The number of benzene rings is 2. The first-order chi connectivity index (χ1) is 20.0. The number of nitrogens with one attached hydrogen (secondary N) is 3. The van der Waals surface area contributed by atoms with Crippen LogP contribution >= 0.6 is 0 Å². The molecule has 1 heterocycles. The Morgan fingerprint density at radius 3 is 2.19 bits per heavy atom. The lowest BCUT2D eigenvalue weighted by Crippen LogP contribution is -2.55. The molecule has 1 fully saturated rings. The lowest BCUT2D eigenvalue weighted by molar-refractivity contribution is -0.132. The molecule has 2 aromatic rings.